The molecule has 0 unspecified atom stereocenters. The van der Waals surface area contributed by atoms with Crippen LogP contribution < -0.4 is 5.14 Å². The van der Waals surface area contributed by atoms with Crippen molar-refractivity contribution >= 4 is 39.3 Å². The number of nitrogens with two attached hydrogens (primary N) is 1. The summed E-state index contributed by atoms with van der Waals surface area (Å²) in [6.45, 7) is 0.727. The Morgan fingerprint density at radius 2 is 1.80 bits per heavy atom. The van der Waals surface area contributed by atoms with Crippen LogP contribution in [0.1, 0.15) is 10.5 Å². The van der Waals surface area contributed by atoms with Crippen LogP contribution in [0.3, 0.4) is 0 Å². The molecule has 7 nitrogen and oxygen atoms in total. The maximum Gasteiger partial charge on any atom is 0.277 e. The minimum absolute atomic E-state index is 0.0585. The van der Waals surface area contributed by atoms with Gasteiger partial charge in [-0.3, -0.25) is 4.79 Å². The van der Waals surface area contributed by atoms with Gasteiger partial charge in [0.2, 0.25) is 0 Å². The molecule has 0 bridgehead atoms. The Labute approximate surface area is 126 Å². The molecule has 1 aliphatic rings. The van der Waals surface area contributed by atoms with Gasteiger partial charge >= 0.3 is 0 Å². The van der Waals surface area contributed by atoms with Gasteiger partial charge < -0.3 is 4.90 Å². The highest BCUT2D eigenvalue weighted by molar-refractivity contribution is 7.86. The standard InChI is InChI=1S/C10H12Cl2N4O3S/c11-7-1-2-8(12)14-9(7)10(17)15-3-5-16(6-4-15)20(13,18)19/h1-2H,3-6H2,(H2,13,18,19). The highest BCUT2D eigenvalue weighted by Gasteiger charge is 2.28. The number of halogens is 2. The molecular formula is C10H12Cl2N4O3S. The van der Waals surface area contributed by atoms with Gasteiger partial charge in [-0.2, -0.15) is 12.7 Å². The van der Waals surface area contributed by atoms with Gasteiger partial charge in [-0.05, 0) is 12.1 Å². The summed E-state index contributed by atoms with van der Waals surface area (Å²) < 4.78 is 23.5. The first-order chi connectivity index (χ1) is 9.29. The summed E-state index contributed by atoms with van der Waals surface area (Å²) in [6.07, 6.45) is 0. The third-order valence-electron chi connectivity index (χ3n) is 2.90. The minimum Gasteiger partial charge on any atom is -0.335 e. The van der Waals surface area contributed by atoms with E-state index in [1.165, 1.54) is 17.0 Å². The van der Waals surface area contributed by atoms with Gasteiger partial charge in [0.1, 0.15) is 10.8 Å². The monoisotopic (exact) mass is 338 g/mol. The van der Waals surface area contributed by atoms with Gasteiger partial charge in [0.15, 0.2) is 0 Å². The van der Waals surface area contributed by atoms with E-state index in [1.54, 1.807) is 0 Å². The van der Waals surface area contributed by atoms with Crippen LogP contribution in [0.4, 0.5) is 0 Å². The normalized spacial score (nSPS) is 17.2. The third kappa shape index (κ3) is 3.39. The van der Waals surface area contributed by atoms with Crippen LogP contribution in [0, 0.1) is 0 Å². The highest BCUT2D eigenvalue weighted by atomic mass is 35.5. The Hall–Kier alpha value is -0.930. The zero-order valence-electron chi connectivity index (χ0n) is 10.3. The van der Waals surface area contributed by atoms with E-state index in [2.05, 4.69) is 4.98 Å². The van der Waals surface area contributed by atoms with Crippen LogP contribution in [0.2, 0.25) is 10.2 Å². The van der Waals surface area contributed by atoms with Crippen molar-refractivity contribution in [1.29, 1.82) is 0 Å². The molecular weight excluding hydrogens is 327 g/mol. The van der Waals surface area contributed by atoms with Crippen LogP contribution in [-0.2, 0) is 10.2 Å². The smallest absolute Gasteiger partial charge is 0.277 e. The minimum atomic E-state index is -3.72. The Morgan fingerprint density at radius 3 is 2.35 bits per heavy atom. The van der Waals surface area contributed by atoms with Crippen LogP contribution in [0.15, 0.2) is 12.1 Å². The summed E-state index contributed by atoms with van der Waals surface area (Å²) in [6, 6.07) is 2.98. The second-order valence-corrected chi connectivity index (χ2v) is 6.54. The number of rotatable bonds is 2. The van der Waals surface area contributed by atoms with E-state index in [1.807, 2.05) is 0 Å². The molecule has 1 aromatic rings. The Bertz CT molecular complexity index is 629. The molecule has 2 rings (SSSR count). The lowest BCUT2D eigenvalue weighted by Crippen LogP contribution is -2.52. The lowest BCUT2D eigenvalue weighted by atomic mass is 10.3. The van der Waals surface area contributed by atoms with Gasteiger partial charge in [0.25, 0.3) is 16.1 Å². The van der Waals surface area contributed by atoms with Gasteiger partial charge in [-0.15, -0.1) is 0 Å². The lowest BCUT2D eigenvalue weighted by molar-refractivity contribution is 0.0692. The molecule has 0 aromatic carbocycles. The van der Waals surface area contributed by atoms with E-state index < -0.39 is 10.2 Å². The highest BCUT2D eigenvalue weighted by Crippen LogP contribution is 2.19. The van der Waals surface area contributed by atoms with E-state index in [0.29, 0.717) is 0 Å². The molecule has 1 aromatic heterocycles. The summed E-state index contributed by atoms with van der Waals surface area (Å²) in [5, 5.41) is 5.40. The molecule has 10 heteroatoms. The molecule has 1 amide bonds. The van der Waals surface area contributed by atoms with Crippen molar-refractivity contribution in [3.05, 3.63) is 28.0 Å². The molecule has 110 valence electrons. The molecule has 2 N–H and O–H groups in total. The van der Waals surface area contributed by atoms with Gasteiger partial charge in [-0.25, -0.2) is 10.1 Å². The lowest BCUT2D eigenvalue weighted by Gasteiger charge is -2.32. The molecule has 1 saturated heterocycles. The average Bonchev–Trinajstić information content (AvgIpc) is 2.40. The molecule has 1 aliphatic heterocycles. The third-order valence-corrected chi connectivity index (χ3v) is 4.50. The summed E-state index contributed by atoms with van der Waals surface area (Å²) in [7, 11) is -3.72. The first-order valence-electron chi connectivity index (χ1n) is 5.68. The van der Waals surface area contributed by atoms with Crippen molar-refractivity contribution in [1.82, 2.24) is 14.2 Å². The molecule has 1 fully saturated rings. The Kier molecular flexibility index (Phi) is 4.50. The average molecular weight is 339 g/mol. The second-order valence-electron chi connectivity index (χ2n) is 4.20. The summed E-state index contributed by atoms with van der Waals surface area (Å²) >= 11 is 11.7. The van der Waals surface area contributed by atoms with Crippen molar-refractivity contribution in [2.75, 3.05) is 26.2 Å². The number of pyridine rings is 1. The summed E-state index contributed by atoms with van der Waals surface area (Å²) in [4.78, 5) is 17.6. The van der Waals surface area contributed by atoms with Crippen molar-refractivity contribution in [2.45, 2.75) is 0 Å². The van der Waals surface area contributed by atoms with E-state index in [-0.39, 0.29) is 48.0 Å². The molecule has 20 heavy (non-hydrogen) atoms. The van der Waals surface area contributed by atoms with E-state index >= 15 is 0 Å². The SMILES string of the molecule is NS(=O)(=O)N1CCN(C(=O)c2nc(Cl)ccc2Cl)CC1. The van der Waals surface area contributed by atoms with Crippen LogP contribution in [0.25, 0.3) is 0 Å². The maximum absolute atomic E-state index is 12.3. The van der Waals surface area contributed by atoms with Crippen molar-refractivity contribution < 1.29 is 13.2 Å². The number of aromatic nitrogens is 1. The molecule has 0 radical (unpaired) electrons. The Morgan fingerprint density at radius 1 is 1.20 bits per heavy atom. The molecule has 0 atom stereocenters. The number of hydrogen-bond donors (Lipinski definition) is 1. The van der Waals surface area contributed by atoms with Crippen molar-refractivity contribution in [2.24, 2.45) is 5.14 Å². The molecule has 0 aliphatic carbocycles. The zero-order chi connectivity index (χ0) is 14.9. The first-order valence-corrected chi connectivity index (χ1v) is 7.94. The van der Waals surface area contributed by atoms with E-state index in [9.17, 15) is 13.2 Å². The van der Waals surface area contributed by atoms with Crippen LogP contribution in [-0.4, -0.2) is 54.7 Å². The fourth-order valence-electron chi connectivity index (χ4n) is 1.86. The second kappa shape index (κ2) is 5.82. The Balaban J connectivity index is 2.11. The largest absolute Gasteiger partial charge is 0.335 e. The van der Waals surface area contributed by atoms with Gasteiger partial charge in [-0.1, -0.05) is 23.2 Å². The first kappa shape index (κ1) is 15.5. The summed E-state index contributed by atoms with van der Waals surface area (Å²) in [5.74, 6) is -0.383. The molecule has 2 heterocycles. The quantitative estimate of drug-likeness (QED) is 0.787. The van der Waals surface area contributed by atoms with E-state index in [4.69, 9.17) is 28.3 Å². The fraction of sp³-hybridized carbons (Fsp3) is 0.400. The predicted octanol–water partition coefficient (Wildman–Crippen LogP) is 0.350. The molecule has 0 saturated carbocycles. The number of carbonyl (C=O) groups is 1. The van der Waals surface area contributed by atoms with E-state index in [0.717, 1.165) is 4.31 Å². The fourth-order valence-corrected chi connectivity index (χ4v) is 2.87. The topological polar surface area (TPSA) is 96.6 Å². The zero-order valence-corrected chi connectivity index (χ0v) is 12.6. The van der Waals surface area contributed by atoms with Crippen LogP contribution in [0.5, 0.6) is 0 Å². The summed E-state index contributed by atoms with van der Waals surface area (Å²) in [5.41, 5.74) is 0.0585. The van der Waals surface area contributed by atoms with Gasteiger partial charge in [0.05, 0.1) is 5.02 Å². The number of carbonyl (C=O) groups excluding carboxylic acids is 1. The van der Waals surface area contributed by atoms with Gasteiger partial charge in [0, 0.05) is 26.2 Å². The van der Waals surface area contributed by atoms with Crippen LogP contribution >= 0.6 is 23.2 Å². The van der Waals surface area contributed by atoms with Crippen molar-refractivity contribution in [3.63, 3.8) is 0 Å². The number of piperazine rings is 1. The van der Waals surface area contributed by atoms with Crippen molar-refractivity contribution in [3.8, 4) is 0 Å². The number of amides is 1. The number of hydrogen-bond acceptors (Lipinski definition) is 4. The predicted molar refractivity (Wildman–Crippen MR) is 74.8 cm³/mol. The maximum atomic E-state index is 12.3. The molecule has 0 spiro atoms. The number of nitrogens with zero attached hydrogens (tertiary/aromatic N) is 3.